The molecule has 2 fully saturated rings. The van der Waals surface area contributed by atoms with Gasteiger partial charge in [0.25, 0.3) is 0 Å². The molecular formula is C25H30FN7O. The fraction of sp³-hybridized carbons (Fsp3) is 0.400. The summed E-state index contributed by atoms with van der Waals surface area (Å²) >= 11 is 0. The fourth-order valence-corrected chi connectivity index (χ4v) is 4.76. The van der Waals surface area contributed by atoms with Crippen LogP contribution in [0.25, 0.3) is 28.2 Å². The number of likely N-dealkylation sites (N-methyl/N-ethyl adjacent to an activating group) is 1. The SMILES string of the molecule is C=Nc1c(-c2ccnc3cc(F)c(OC)cc23)cnn1/C=C(\C)N1CC(N2CCN(C)CC2)C1. The Morgan fingerprint density at radius 1 is 1.21 bits per heavy atom. The number of benzene rings is 1. The summed E-state index contributed by atoms with van der Waals surface area (Å²) in [5, 5.41) is 5.33. The monoisotopic (exact) mass is 463 g/mol. The van der Waals surface area contributed by atoms with Crippen molar-refractivity contribution >= 4 is 29.6 Å². The lowest BCUT2D eigenvalue weighted by Gasteiger charge is -2.49. The van der Waals surface area contributed by atoms with Gasteiger partial charge in [0.1, 0.15) is 0 Å². The van der Waals surface area contributed by atoms with E-state index < -0.39 is 5.82 Å². The summed E-state index contributed by atoms with van der Waals surface area (Å²) in [5.41, 5.74) is 3.33. The first kappa shape index (κ1) is 22.5. The first-order valence-corrected chi connectivity index (χ1v) is 11.5. The number of likely N-dealkylation sites (tertiary alicyclic amines) is 1. The lowest BCUT2D eigenvalue weighted by molar-refractivity contribution is 0.0276. The third-order valence-corrected chi connectivity index (χ3v) is 6.95. The largest absolute Gasteiger partial charge is 0.494 e. The van der Waals surface area contributed by atoms with E-state index in [4.69, 9.17) is 4.74 Å². The minimum Gasteiger partial charge on any atom is -0.494 e. The number of hydrogen-bond donors (Lipinski definition) is 0. The zero-order valence-corrected chi connectivity index (χ0v) is 19.9. The topological polar surface area (TPSA) is 62.0 Å². The molecule has 0 amide bonds. The van der Waals surface area contributed by atoms with Crippen LogP contribution in [0.3, 0.4) is 0 Å². The van der Waals surface area contributed by atoms with Crippen LogP contribution >= 0.6 is 0 Å². The van der Waals surface area contributed by atoms with Crippen molar-refractivity contribution in [2.75, 3.05) is 53.4 Å². The van der Waals surface area contributed by atoms with Gasteiger partial charge in [0.2, 0.25) is 0 Å². The van der Waals surface area contributed by atoms with Crippen molar-refractivity contribution in [1.29, 1.82) is 0 Å². The Kier molecular flexibility index (Phi) is 6.05. The quantitative estimate of drug-likeness (QED) is 0.523. The molecule has 0 unspecified atom stereocenters. The average Bonchev–Trinajstić information content (AvgIpc) is 3.20. The summed E-state index contributed by atoms with van der Waals surface area (Å²) in [4.78, 5) is 15.9. The van der Waals surface area contributed by atoms with Crippen LogP contribution in [0.1, 0.15) is 6.92 Å². The van der Waals surface area contributed by atoms with Crippen LogP contribution in [0.4, 0.5) is 10.2 Å². The molecule has 2 aromatic heterocycles. The van der Waals surface area contributed by atoms with E-state index in [-0.39, 0.29) is 5.75 Å². The number of rotatable bonds is 6. The molecule has 2 aliphatic rings. The summed E-state index contributed by atoms with van der Waals surface area (Å²) in [6, 6.07) is 5.54. The number of aromatic nitrogens is 3. The van der Waals surface area contributed by atoms with E-state index in [0.29, 0.717) is 17.4 Å². The molecule has 0 radical (unpaired) electrons. The van der Waals surface area contributed by atoms with E-state index >= 15 is 0 Å². The van der Waals surface area contributed by atoms with Crippen molar-refractivity contribution in [2.24, 2.45) is 4.99 Å². The zero-order chi connectivity index (χ0) is 23.8. The Morgan fingerprint density at radius 3 is 2.68 bits per heavy atom. The van der Waals surface area contributed by atoms with Crippen LogP contribution in [-0.4, -0.2) is 95.6 Å². The summed E-state index contributed by atoms with van der Waals surface area (Å²) in [5.74, 6) is 0.359. The smallest absolute Gasteiger partial charge is 0.167 e. The number of allylic oxidation sites excluding steroid dienone is 1. The highest BCUT2D eigenvalue weighted by Crippen LogP contribution is 2.37. The molecule has 3 aromatic rings. The van der Waals surface area contributed by atoms with Crippen molar-refractivity contribution in [3.63, 3.8) is 0 Å². The molecule has 0 N–H and O–H groups in total. The predicted octanol–water partition coefficient (Wildman–Crippen LogP) is 3.33. The van der Waals surface area contributed by atoms with Crippen LogP contribution in [0.2, 0.25) is 0 Å². The van der Waals surface area contributed by atoms with E-state index in [2.05, 4.69) is 50.5 Å². The van der Waals surface area contributed by atoms with Gasteiger partial charge >= 0.3 is 0 Å². The summed E-state index contributed by atoms with van der Waals surface area (Å²) < 4.78 is 21.1. The third-order valence-electron chi connectivity index (χ3n) is 6.95. The first-order valence-electron chi connectivity index (χ1n) is 11.5. The molecule has 178 valence electrons. The molecule has 0 saturated carbocycles. The Labute approximate surface area is 198 Å². The van der Waals surface area contributed by atoms with E-state index in [1.54, 1.807) is 23.1 Å². The van der Waals surface area contributed by atoms with Gasteiger partial charge in [-0.2, -0.15) is 5.10 Å². The minimum absolute atomic E-state index is 0.172. The maximum Gasteiger partial charge on any atom is 0.167 e. The van der Waals surface area contributed by atoms with E-state index in [1.807, 2.05) is 12.3 Å². The molecule has 4 heterocycles. The van der Waals surface area contributed by atoms with Crippen LogP contribution in [0, 0.1) is 5.82 Å². The van der Waals surface area contributed by atoms with E-state index in [1.165, 1.54) is 13.2 Å². The van der Waals surface area contributed by atoms with Crippen molar-refractivity contribution < 1.29 is 9.13 Å². The van der Waals surface area contributed by atoms with Crippen molar-refractivity contribution in [1.82, 2.24) is 29.5 Å². The molecule has 2 saturated heterocycles. The van der Waals surface area contributed by atoms with Gasteiger partial charge in [-0.3, -0.25) is 9.88 Å². The van der Waals surface area contributed by atoms with Crippen LogP contribution < -0.4 is 4.74 Å². The van der Waals surface area contributed by atoms with Crippen molar-refractivity contribution in [2.45, 2.75) is 13.0 Å². The zero-order valence-electron chi connectivity index (χ0n) is 19.9. The number of aliphatic imine (C=N–C) groups is 1. The normalized spacial score (nSPS) is 18.4. The molecule has 0 spiro atoms. The second kappa shape index (κ2) is 9.15. The van der Waals surface area contributed by atoms with Gasteiger partial charge in [-0.25, -0.2) is 14.1 Å². The number of fused-ring (bicyclic) bond motifs is 1. The highest BCUT2D eigenvalue weighted by Gasteiger charge is 2.33. The van der Waals surface area contributed by atoms with Gasteiger partial charge in [0.05, 0.1) is 18.8 Å². The molecule has 9 heteroatoms. The number of nitrogens with zero attached hydrogens (tertiary/aromatic N) is 7. The second-order valence-corrected chi connectivity index (χ2v) is 9.02. The van der Waals surface area contributed by atoms with E-state index in [0.717, 1.165) is 61.5 Å². The molecular weight excluding hydrogens is 433 g/mol. The van der Waals surface area contributed by atoms with Gasteiger partial charge in [-0.05, 0) is 38.4 Å². The molecule has 0 atom stereocenters. The van der Waals surface area contributed by atoms with Crippen LogP contribution in [0.5, 0.6) is 5.75 Å². The predicted molar refractivity (Wildman–Crippen MR) is 133 cm³/mol. The number of piperazine rings is 1. The Balaban J connectivity index is 1.39. The highest BCUT2D eigenvalue weighted by molar-refractivity contribution is 5.97. The Hall–Kier alpha value is -3.30. The molecule has 1 aromatic carbocycles. The van der Waals surface area contributed by atoms with Gasteiger partial charge in [-0.15, -0.1) is 0 Å². The lowest BCUT2D eigenvalue weighted by atomic mass is 10.0. The number of halogens is 1. The molecule has 0 aliphatic carbocycles. The number of pyridine rings is 1. The molecule has 2 aliphatic heterocycles. The summed E-state index contributed by atoms with van der Waals surface area (Å²) in [6.07, 6.45) is 5.42. The van der Waals surface area contributed by atoms with Crippen molar-refractivity contribution in [3.05, 3.63) is 42.1 Å². The first-order chi connectivity index (χ1) is 16.5. The van der Waals surface area contributed by atoms with Gasteiger partial charge in [-0.1, -0.05) is 0 Å². The average molecular weight is 464 g/mol. The maximum atomic E-state index is 14.2. The second-order valence-electron chi connectivity index (χ2n) is 9.02. The van der Waals surface area contributed by atoms with E-state index in [9.17, 15) is 4.39 Å². The number of ether oxygens (including phenoxy) is 1. The number of hydrogen-bond acceptors (Lipinski definition) is 7. The molecule has 5 rings (SSSR count). The van der Waals surface area contributed by atoms with Gasteiger partial charge in [0, 0.05) is 80.4 Å². The third kappa shape index (κ3) is 4.05. The summed E-state index contributed by atoms with van der Waals surface area (Å²) in [6.45, 7) is 12.5. The van der Waals surface area contributed by atoms with Gasteiger partial charge < -0.3 is 14.5 Å². The Morgan fingerprint density at radius 2 is 1.97 bits per heavy atom. The standard InChI is InChI=1S/C25H30FN7O/c1-17(32-15-18(16-32)31-9-7-30(3)8-10-31)14-33-25(27-2)21(13-29-33)19-5-6-28-23-12-22(26)24(34-4)11-20(19)23/h5-6,11-14,18H,2,7-10,15-16H2,1,3-4H3/b17-14+. The number of methoxy groups -OCH3 is 1. The van der Waals surface area contributed by atoms with Crippen molar-refractivity contribution in [3.8, 4) is 16.9 Å². The summed E-state index contributed by atoms with van der Waals surface area (Å²) in [7, 11) is 3.64. The lowest BCUT2D eigenvalue weighted by Crippen LogP contribution is -2.62. The Bertz CT molecular complexity index is 1240. The molecule has 34 heavy (non-hydrogen) atoms. The van der Waals surface area contributed by atoms with Crippen LogP contribution in [-0.2, 0) is 0 Å². The van der Waals surface area contributed by atoms with Crippen LogP contribution in [0.15, 0.2) is 41.3 Å². The minimum atomic E-state index is -0.444. The van der Waals surface area contributed by atoms with Gasteiger partial charge in [0.15, 0.2) is 17.4 Å². The molecule has 0 bridgehead atoms. The fourth-order valence-electron chi connectivity index (χ4n) is 4.76. The highest BCUT2D eigenvalue weighted by atomic mass is 19.1. The molecule has 8 nitrogen and oxygen atoms in total. The maximum absolute atomic E-state index is 14.2.